The van der Waals surface area contributed by atoms with Crippen LogP contribution < -0.4 is 4.74 Å². The van der Waals surface area contributed by atoms with Gasteiger partial charge >= 0.3 is 12.3 Å². The number of halogens is 4. The van der Waals surface area contributed by atoms with Crippen LogP contribution in [-0.4, -0.2) is 39.8 Å². The zero-order valence-electron chi connectivity index (χ0n) is 11.9. The summed E-state index contributed by atoms with van der Waals surface area (Å²) in [7, 11) is 0. The number of alkyl halides is 3. The van der Waals surface area contributed by atoms with Gasteiger partial charge in [0.1, 0.15) is 11.1 Å². The summed E-state index contributed by atoms with van der Waals surface area (Å²) in [6.45, 7) is 0.466. The van der Waals surface area contributed by atoms with Crippen LogP contribution >= 0.6 is 11.6 Å². The first-order valence-corrected chi connectivity index (χ1v) is 7.52. The van der Waals surface area contributed by atoms with E-state index in [9.17, 15) is 23.1 Å². The standard InChI is InChI=1S/C14H14ClF3N2O3/c15-9-4-8(14(16,17)18)5-19-12(9)23-11-3-7-1-2-10(11)20(6-7)13(21)22/h4-5,7,10-11H,1-3,6H2,(H,21,22). The average molecular weight is 351 g/mol. The Balaban J connectivity index is 1.78. The van der Waals surface area contributed by atoms with E-state index >= 15 is 0 Å². The molecular formula is C14H14ClF3N2O3. The second-order valence-electron chi connectivity index (χ2n) is 5.85. The van der Waals surface area contributed by atoms with Crippen molar-refractivity contribution in [1.82, 2.24) is 9.88 Å². The molecular weight excluding hydrogens is 337 g/mol. The van der Waals surface area contributed by atoms with Crippen LogP contribution in [0.25, 0.3) is 0 Å². The molecule has 3 fully saturated rings. The summed E-state index contributed by atoms with van der Waals surface area (Å²) in [6.07, 6.45) is -3.09. The van der Waals surface area contributed by atoms with Gasteiger partial charge in [0, 0.05) is 12.7 Å². The molecule has 3 aliphatic rings. The van der Waals surface area contributed by atoms with Crippen LogP contribution in [0.1, 0.15) is 24.8 Å². The SMILES string of the molecule is O=C(O)N1CC2CCC1C(Oc1ncc(C(F)(F)F)cc1Cl)C2. The van der Waals surface area contributed by atoms with Crippen LogP contribution in [0.5, 0.6) is 5.88 Å². The zero-order valence-corrected chi connectivity index (χ0v) is 12.6. The Bertz CT molecular complexity index is 626. The highest BCUT2D eigenvalue weighted by Gasteiger charge is 2.44. The number of piperidine rings is 2. The topological polar surface area (TPSA) is 62.7 Å². The molecule has 3 atom stereocenters. The van der Waals surface area contributed by atoms with Crippen molar-refractivity contribution >= 4 is 17.7 Å². The molecule has 3 unspecified atom stereocenters. The number of carbonyl (C=O) groups is 1. The van der Waals surface area contributed by atoms with E-state index in [1.807, 2.05) is 0 Å². The Morgan fingerprint density at radius 3 is 2.74 bits per heavy atom. The van der Waals surface area contributed by atoms with E-state index in [1.165, 1.54) is 4.90 Å². The van der Waals surface area contributed by atoms with Crippen LogP contribution in [0.2, 0.25) is 5.02 Å². The quantitative estimate of drug-likeness (QED) is 0.884. The molecule has 126 valence electrons. The van der Waals surface area contributed by atoms with E-state index in [0.717, 1.165) is 12.5 Å². The third-order valence-electron chi connectivity index (χ3n) is 4.36. The molecule has 2 aliphatic heterocycles. The maximum atomic E-state index is 12.6. The molecule has 1 aliphatic carbocycles. The number of ether oxygens (including phenoxy) is 1. The van der Waals surface area contributed by atoms with E-state index in [1.54, 1.807) is 0 Å². The fourth-order valence-electron chi connectivity index (χ4n) is 3.29. The van der Waals surface area contributed by atoms with E-state index in [2.05, 4.69) is 4.98 Å². The summed E-state index contributed by atoms with van der Waals surface area (Å²) in [6, 6.07) is 0.442. The number of hydrogen-bond donors (Lipinski definition) is 1. The third kappa shape index (κ3) is 3.17. The van der Waals surface area contributed by atoms with Crippen molar-refractivity contribution in [2.75, 3.05) is 6.54 Å². The summed E-state index contributed by atoms with van der Waals surface area (Å²) >= 11 is 5.84. The summed E-state index contributed by atoms with van der Waals surface area (Å²) < 4.78 is 43.5. The molecule has 1 N–H and O–H groups in total. The number of fused-ring (bicyclic) bond motifs is 3. The largest absolute Gasteiger partial charge is 0.471 e. The van der Waals surface area contributed by atoms with Crippen molar-refractivity contribution in [2.24, 2.45) is 5.92 Å². The number of hydrogen-bond acceptors (Lipinski definition) is 3. The van der Waals surface area contributed by atoms with Gasteiger partial charge in [0.25, 0.3) is 0 Å². The van der Waals surface area contributed by atoms with Crippen LogP contribution in [0, 0.1) is 5.92 Å². The molecule has 0 spiro atoms. The molecule has 2 bridgehead atoms. The predicted molar refractivity (Wildman–Crippen MR) is 74.5 cm³/mol. The lowest BCUT2D eigenvalue weighted by Crippen LogP contribution is -2.59. The van der Waals surface area contributed by atoms with Gasteiger partial charge in [-0.1, -0.05) is 11.6 Å². The molecule has 9 heteroatoms. The number of aromatic nitrogens is 1. The number of rotatable bonds is 2. The number of nitrogens with zero attached hydrogens (tertiary/aromatic N) is 2. The molecule has 1 aromatic heterocycles. The Labute approximate surface area is 135 Å². The van der Waals surface area contributed by atoms with Crippen LogP contribution in [-0.2, 0) is 6.18 Å². The van der Waals surface area contributed by atoms with Crippen molar-refractivity contribution < 1.29 is 27.8 Å². The first kappa shape index (κ1) is 16.2. The average Bonchev–Trinajstić information content (AvgIpc) is 2.48. The summed E-state index contributed by atoms with van der Waals surface area (Å²) in [5.74, 6) is 0.0943. The second-order valence-corrected chi connectivity index (χ2v) is 6.25. The van der Waals surface area contributed by atoms with Crippen molar-refractivity contribution in [3.63, 3.8) is 0 Å². The summed E-state index contributed by atoms with van der Waals surface area (Å²) in [5, 5.41) is 9.00. The third-order valence-corrected chi connectivity index (χ3v) is 4.63. The first-order valence-electron chi connectivity index (χ1n) is 7.14. The van der Waals surface area contributed by atoms with Gasteiger partial charge in [0.2, 0.25) is 5.88 Å². The van der Waals surface area contributed by atoms with Crippen molar-refractivity contribution in [3.8, 4) is 5.88 Å². The maximum Gasteiger partial charge on any atom is 0.417 e. The van der Waals surface area contributed by atoms with Gasteiger partial charge in [-0.15, -0.1) is 0 Å². The molecule has 1 saturated carbocycles. The minimum absolute atomic E-state index is 0.0949. The fraction of sp³-hybridized carbons (Fsp3) is 0.571. The van der Waals surface area contributed by atoms with Gasteiger partial charge in [0.15, 0.2) is 0 Å². The molecule has 2 saturated heterocycles. The molecule has 0 aromatic carbocycles. The van der Waals surface area contributed by atoms with Gasteiger partial charge in [0.05, 0.1) is 11.6 Å². The van der Waals surface area contributed by atoms with Gasteiger partial charge in [-0.2, -0.15) is 13.2 Å². The fourth-order valence-corrected chi connectivity index (χ4v) is 3.50. The highest BCUT2D eigenvalue weighted by atomic mass is 35.5. The van der Waals surface area contributed by atoms with Gasteiger partial charge < -0.3 is 14.7 Å². The monoisotopic (exact) mass is 350 g/mol. The Morgan fingerprint density at radius 2 is 2.17 bits per heavy atom. The first-order chi connectivity index (χ1) is 10.8. The maximum absolute atomic E-state index is 12.6. The van der Waals surface area contributed by atoms with Crippen LogP contribution in [0.15, 0.2) is 12.3 Å². The van der Waals surface area contributed by atoms with E-state index < -0.39 is 23.9 Å². The van der Waals surface area contributed by atoms with Crippen LogP contribution in [0.4, 0.5) is 18.0 Å². The number of amides is 1. The smallest absolute Gasteiger partial charge is 0.417 e. The highest BCUT2D eigenvalue weighted by molar-refractivity contribution is 6.31. The molecule has 4 rings (SSSR count). The van der Waals surface area contributed by atoms with Crippen LogP contribution in [0.3, 0.4) is 0 Å². The summed E-state index contributed by atoms with van der Waals surface area (Å²) in [4.78, 5) is 16.3. The van der Waals surface area contributed by atoms with Gasteiger partial charge in [-0.3, -0.25) is 0 Å². The Hall–Kier alpha value is -1.70. The molecule has 3 heterocycles. The van der Waals surface area contributed by atoms with Gasteiger partial charge in [-0.05, 0) is 31.2 Å². The second kappa shape index (κ2) is 5.74. The lowest BCUT2D eigenvalue weighted by molar-refractivity contribution is -0.137. The number of carboxylic acid groups (broad SMARTS) is 1. The summed E-state index contributed by atoms with van der Waals surface area (Å²) in [5.41, 5.74) is -0.952. The highest BCUT2D eigenvalue weighted by Crippen LogP contribution is 2.39. The predicted octanol–water partition coefficient (Wildman–Crippen LogP) is 3.66. The molecule has 0 radical (unpaired) electrons. The zero-order chi connectivity index (χ0) is 16.8. The van der Waals surface area contributed by atoms with Crippen molar-refractivity contribution in [1.29, 1.82) is 0 Å². The van der Waals surface area contributed by atoms with E-state index in [-0.39, 0.29) is 22.9 Å². The Kier molecular flexibility index (Phi) is 4.03. The minimum atomic E-state index is -4.53. The van der Waals surface area contributed by atoms with Crippen molar-refractivity contribution in [2.45, 2.75) is 37.6 Å². The normalized spacial score (nSPS) is 27.1. The molecule has 23 heavy (non-hydrogen) atoms. The number of pyridine rings is 1. The van der Waals surface area contributed by atoms with Gasteiger partial charge in [-0.25, -0.2) is 9.78 Å². The molecule has 5 nitrogen and oxygen atoms in total. The van der Waals surface area contributed by atoms with E-state index in [0.29, 0.717) is 25.6 Å². The molecule has 1 amide bonds. The Morgan fingerprint density at radius 1 is 1.43 bits per heavy atom. The lowest BCUT2D eigenvalue weighted by atomic mass is 9.78. The minimum Gasteiger partial charge on any atom is -0.471 e. The van der Waals surface area contributed by atoms with E-state index in [4.69, 9.17) is 16.3 Å². The molecule has 1 aromatic rings. The lowest BCUT2D eigenvalue weighted by Gasteiger charge is -2.48. The van der Waals surface area contributed by atoms with Crippen molar-refractivity contribution in [3.05, 3.63) is 22.8 Å².